The number of nitrogens with two attached hydrogens (primary N) is 1. The summed E-state index contributed by atoms with van der Waals surface area (Å²) in [5, 5.41) is 2.46. The van der Waals surface area contributed by atoms with Crippen LogP contribution in [0.4, 0.5) is 18.9 Å². The van der Waals surface area contributed by atoms with Gasteiger partial charge in [-0.25, -0.2) is 0 Å². The van der Waals surface area contributed by atoms with Gasteiger partial charge >= 0.3 is 6.18 Å². The summed E-state index contributed by atoms with van der Waals surface area (Å²) in [6.45, 7) is 0. The van der Waals surface area contributed by atoms with Crippen molar-refractivity contribution in [3.05, 3.63) is 77.4 Å². The summed E-state index contributed by atoms with van der Waals surface area (Å²) < 4.78 is 56.0. The van der Waals surface area contributed by atoms with Crippen molar-refractivity contribution >= 4 is 17.5 Å². The van der Waals surface area contributed by atoms with Gasteiger partial charge in [0.05, 0.1) is 25.3 Å². The molecule has 0 unspecified atom stereocenters. The van der Waals surface area contributed by atoms with E-state index in [1.54, 1.807) is 6.07 Å². The quantitative estimate of drug-likeness (QED) is 0.524. The van der Waals surface area contributed by atoms with Gasteiger partial charge in [-0.2, -0.15) is 13.2 Å². The SMILES string of the molecule is COc1ccc(Oc2ccc(C(F)(F)F)cc2C(=O)Nc2cccc(C(N)=O)c2)c(OC)c1. The normalized spacial score (nSPS) is 10.9. The third-order valence-corrected chi connectivity index (χ3v) is 4.55. The fraction of sp³-hybridized carbons (Fsp3) is 0.130. The van der Waals surface area contributed by atoms with E-state index in [1.807, 2.05) is 0 Å². The van der Waals surface area contributed by atoms with Gasteiger partial charge in [-0.3, -0.25) is 9.59 Å². The number of anilines is 1. The molecule has 0 fully saturated rings. The van der Waals surface area contributed by atoms with Crippen molar-refractivity contribution in [1.82, 2.24) is 0 Å². The zero-order valence-electron chi connectivity index (χ0n) is 17.5. The fourth-order valence-electron chi connectivity index (χ4n) is 2.90. The third kappa shape index (κ3) is 5.53. The molecule has 7 nitrogen and oxygen atoms in total. The lowest BCUT2D eigenvalue weighted by Gasteiger charge is -2.16. The highest BCUT2D eigenvalue weighted by Crippen LogP contribution is 2.38. The van der Waals surface area contributed by atoms with Gasteiger partial charge in [0.1, 0.15) is 11.5 Å². The van der Waals surface area contributed by atoms with Crippen molar-refractivity contribution in [3.8, 4) is 23.0 Å². The van der Waals surface area contributed by atoms with Crippen molar-refractivity contribution in [2.45, 2.75) is 6.18 Å². The molecule has 3 aromatic rings. The van der Waals surface area contributed by atoms with Crippen LogP contribution in [0.2, 0.25) is 0 Å². The summed E-state index contributed by atoms with van der Waals surface area (Å²) in [5.41, 5.74) is 4.11. The zero-order valence-corrected chi connectivity index (χ0v) is 17.5. The Hall–Kier alpha value is -4.21. The fourth-order valence-corrected chi connectivity index (χ4v) is 2.90. The molecule has 10 heteroatoms. The summed E-state index contributed by atoms with van der Waals surface area (Å²) in [6, 6.07) is 12.8. The van der Waals surface area contributed by atoms with Crippen molar-refractivity contribution in [2.24, 2.45) is 5.73 Å². The first kappa shape index (κ1) is 23.5. The number of carbonyl (C=O) groups excluding carboxylic acids is 2. The minimum absolute atomic E-state index is 0.122. The predicted octanol–water partition coefficient (Wildman–Crippen LogP) is 4.87. The Balaban J connectivity index is 2.01. The number of halogens is 3. The Bertz CT molecular complexity index is 1190. The monoisotopic (exact) mass is 460 g/mol. The molecule has 3 aromatic carbocycles. The van der Waals surface area contributed by atoms with E-state index in [4.69, 9.17) is 19.9 Å². The van der Waals surface area contributed by atoms with Crippen LogP contribution in [0.15, 0.2) is 60.7 Å². The second kappa shape index (κ2) is 9.51. The number of rotatable bonds is 7. The van der Waals surface area contributed by atoms with Crippen molar-refractivity contribution < 1.29 is 37.0 Å². The number of hydrogen-bond acceptors (Lipinski definition) is 5. The number of alkyl halides is 3. The molecule has 0 aromatic heterocycles. The Labute approximate surface area is 186 Å². The lowest BCUT2D eigenvalue weighted by Crippen LogP contribution is -2.16. The first-order valence-electron chi connectivity index (χ1n) is 9.44. The number of benzene rings is 3. The van der Waals surface area contributed by atoms with Crippen molar-refractivity contribution in [1.29, 1.82) is 0 Å². The van der Waals surface area contributed by atoms with Crippen LogP contribution in [0.5, 0.6) is 23.0 Å². The number of methoxy groups -OCH3 is 2. The minimum atomic E-state index is -4.68. The minimum Gasteiger partial charge on any atom is -0.497 e. The maximum atomic E-state index is 13.3. The highest BCUT2D eigenvalue weighted by atomic mass is 19.4. The van der Waals surface area contributed by atoms with Crippen molar-refractivity contribution in [2.75, 3.05) is 19.5 Å². The maximum absolute atomic E-state index is 13.3. The van der Waals surface area contributed by atoms with Crippen LogP contribution in [-0.4, -0.2) is 26.0 Å². The summed E-state index contributed by atoms with van der Waals surface area (Å²) in [6.07, 6.45) is -4.68. The van der Waals surface area contributed by atoms with Gasteiger partial charge in [0.25, 0.3) is 5.91 Å². The van der Waals surface area contributed by atoms with Crippen LogP contribution in [0, 0.1) is 0 Å². The largest absolute Gasteiger partial charge is 0.497 e. The smallest absolute Gasteiger partial charge is 0.416 e. The number of nitrogens with one attached hydrogen (secondary N) is 1. The second-order valence-corrected chi connectivity index (χ2v) is 6.73. The number of primary amides is 1. The molecule has 3 rings (SSSR count). The number of ether oxygens (including phenoxy) is 3. The molecule has 0 atom stereocenters. The molecule has 0 radical (unpaired) electrons. The summed E-state index contributed by atoms with van der Waals surface area (Å²) in [5.74, 6) is -0.877. The molecular weight excluding hydrogens is 441 g/mol. The van der Waals surface area contributed by atoms with E-state index < -0.39 is 23.6 Å². The van der Waals surface area contributed by atoms with Crippen LogP contribution in [0.3, 0.4) is 0 Å². The average Bonchev–Trinajstić information content (AvgIpc) is 2.78. The summed E-state index contributed by atoms with van der Waals surface area (Å²) >= 11 is 0. The first-order valence-corrected chi connectivity index (χ1v) is 9.44. The Morgan fingerprint density at radius 1 is 0.879 bits per heavy atom. The Morgan fingerprint density at radius 3 is 2.24 bits per heavy atom. The standard InChI is InChI=1S/C23H19F3N2O5/c1-31-16-7-9-19(20(12-16)32-2)33-18-8-6-14(23(24,25)26)11-17(18)22(30)28-15-5-3-4-13(10-15)21(27)29/h3-12H,1-2H3,(H2,27,29)(H,28,30). The molecule has 0 heterocycles. The molecular formula is C23H19F3N2O5. The number of hydrogen-bond donors (Lipinski definition) is 2. The molecule has 0 aliphatic carbocycles. The van der Waals surface area contributed by atoms with Gasteiger partial charge < -0.3 is 25.3 Å². The second-order valence-electron chi connectivity index (χ2n) is 6.73. The molecule has 0 saturated heterocycles. The van der Waals surface area contributed by atoms with E-state index in [-0.39, 0.29) is 34.1 Å². The van der Waals surface area contributed by atoms with Gasteiger partial charge in [0.15, 0.2) is 11.5 Å². The number of amides is 2. The lowest BCUT2D eigenvalue weighted by atomic mass is 10.1. The maximum Gasteiger partial charge on any atom is 0.416 e. The molecule has 172 valence electrons. The van der Waals surface area contributed by atoms with Crippen LogP contribution in [-0.2, 0) is 6.18 Å². The van der Waals surface area contributed by atoms with Gasteiger partial charge in [0.2, 0.25) is 5.91 Å². The Kier molecular flexibility index (Phi) is 6.76. The topological polar surface area (TPSA) is 99.9 Å². The van der Waals surface area contributed by atoms with E-state index in [2.05, 4.69) is 5.32 Å². The Morgan fingerprint density at radius 2 is 1.61 bits per heavy atom. The van der Waals surface area contributed by atoms with E-state index in [0.717, 1.165) is 12.1 Å². The first-order chi connectivity index (χ1) is 15.6. The van der Waals surface area contributed by atoms with Gasteiger partial charge in [-0.1, -0.05) is 6.07 Å². The third-order valence-electron chi connectivity index (χ3n) is 4.55. The lowest BCUT2D eigenvalue weighted by molar-refractivity contribution is -0.137. The highest BCUT2D eigenvalue weighted by Gasteiger charge is 2.32. The summed E-state index contributed by atoms with van der Waals surface area (Å²) in [7, 11) is 2.84. The summed E-state index contributed by atoms with van der Waals surface area (Å²) in [4.78, 5) is 24.3. The van der Waals surface area contributed by atoms with Crippen molar-refractivity contribution in [3.63, 3.8) is 0 Å². The van der Waals surface area contributed by atoms with Crippen LogP contribution < -0.4 is 25.3 Å². The molecule has 33 heavy (non-hydrogen) atoms. The molecule has 0 saturated carbocycles. The van der Waals surface area contributed by atoms with E-state index in [9.17, 15) is 22.8 Å². The molecule has 0 aliphatic heterocycles. The van der Waals surface area contributed by atoms with Crippen LogP contribution in [0.1, 0.15) is 26.3 Å². The van der Waals surface area contributed by atoms with Crippen LogP contribution >= 0.6 is 0 Å². The molecule has 0 aliphatic rings. The van der Waals surface area contributed by atoms with E-state index in [0.29, 0.717) is 11.8 Å². The van der Waals surface area contributed by atoms with E-state index in [1.165, 1.54) is 50.6 Å². The van der Waals surface area contributed by atoms with Gasteiger partial charge in [-0.05, 0) is 48.5 Å². The van der Waals surface area contributed by atoms with Gasteiger partial charge in [-0.15, -0.1) is 0 Å². The molecule has 0 bridgehead atoms. The average molecular weight is 460 g/mol. The zero-order chi connectivity index (χ0) is 24.2. The molecule has 2 amide bonds. The highest BCUT2D eigenvalue weighted by molar-refractivity contribution is 6.07. The van der Waals surface area contributed by atoms with Gasteiger partial charge in [0, 0.05) is 17.3 Å². The number of carbonyl (C=O) groups is 2. The molecule has 0 spiro atoms. The predicted molar refractivity (Wildman–Crippen MR) is 114 cm³/mol. The van der Waals surface area contributed by atoms with Crippen LogP contribution in [0.25, 0.3) is 0 Å². The molecule has 3 N–H and O–H groups in total. The van der Waals surface area contributed by atoms with E-state index >= 15 is 0 Å².